The Bertz CT molecular complexity index is 795. The molecule has 0 atom stereocenters. The quantitative estimate of drug-likeness (QED) is 0.497. The van der Waals surface area contributed by atoms with Gasteiger partial charge in [0, 0.05) is 32.7 Å². The Kier molecular flexibility index (Phi) is 7.59. The number of aliphatic imine (C=N–C) groups is 1. The second-order valence-electron chi connectivity index (χ2n) is 5.63. The zero-order chi connectivity index (χ0) is 18.9. The molecule has 2 aromatic rings. The van der Waals surface area contributed by atoms with E-state index < -0.39 is 0 Å². The Balaban J connectivity index is 1.83. The summed E-state index contributed by atoms with van der Waals surface area (Å²) in [6, 6.07) is 12.5. The molecule has 3 N–H and O–H groups in total. The maximum Gasteiger partial charge on any atom is 0.251 e. The zero-order valence-electron chi connectivity index (χ0n) is 14.8. The summed E-state index contributed by atoms with van der Waals surface area (Å²) in [5.41, 5.74) is 2.53. The first kappa shape index (κ1) is 19.9. The number of amides is 1. The molecule has 0 aliphatic rings. The molecule has 0 heterocycles. The van der Waals surface area contributed by atoms with Crippen LogP contribution in [0.2, 0.25) is 0 Å². The van der Waals surface area contributed by atoms with Crippen molar-refractivity contribution in [3.8, 4) is 0 Å². The highest BCUT2D eigenvalue weighted by atomic mass is 79.9. The third-order valence-electron chi connectivity index (χ3n) is 3.79. The molecular weight excluding hydrogens is 399 g/mol. The molecule has 0 aliphatic carbocycles. The van der Waals surface area contributed by atoms with Crippen molar-refractivity contribution in [2.24, 2.45) is 4.99 Å². The van der Waals surface area contributed by atoms with Crippen molar-refractivity contribution in [2.75, 3.05) is 20.6 Å². The molecule has 0 saturated heterocycles. The van der Waals surface area contributed by atoms with Crippen molar-refractivity contribution in [1.29, 1.82) is 0 Å². The molecule has 2 rings (SSSR count). The van der Waals surface area contributed by atoms with Crippen molar-refractivity contribution in [3.05, 3.63) is 69.4 Å². The lowest BCUT2D eigenvalue weighted by atomic mass is 10.1. The number of guanidine groups is 1. The van der Waals surface area contributed by atoms with Gasteiger partial charge in [0.1, 0.15) is 5.82 Å². The fourth-order valence-electron chi connectivity index (χ4n) is 2.39. The van der Waals surface area contributed by atoms with Crippen LogP contribution in [-0.2, 0) is 13.0 Å². The summed E-state index contributed by atoms with van der Waals surface area (Å²) < 4.78 is 14.0. The van der Waals surface area contributed by atoms with Crippen molar-refractivity contribution in [2.45, 2.75) is 13.0 Å². The van der Waals surface area contributed by atoms with Crippen molar-refractivity contribution < 1.29 is 9.18 Å². The maximum absolute atomic E-state index is 13.5. The Morgan fingerprint density at radius 1 is 1.15 bits per heavy atom. The molecule has 26 heavy (non-hydrogen) atoms. The summed E-state index contributed by atoms with van der Waals surface area (Å²) in [5, 5.41) is 8.98. The normalized spacial score (nSPS) is 11.2. The summed E-state index contributed by atoms with van der Waals surface area (Å²) in [4.78, 5) is 15.8. The molecule has 0 unspecified atom stereocenters. The van der Waals surface area contributed by atoms with E-state index in [4.69, 9.17) is 0 Å². The summed E-state index contributed by atoms with van der Waals surface area (Å²) in [7, 11) is 3.30. The lowest BCUT2D eigenvalue weighted by molar-refractivity contribution is 0.0963. The minimum absolute atomic E-state index is 0.0981. The van der Waals surface area contributed by atoms with Gasteiger partial charge >= 0.3 is 0 Å². The van der Waals surface area contributed by atoms with Crippen LogP contribution in [0.4, 0.5) is 4.39 Å². The first-order valence-electron chi connectivity index (χ1n) is 8.23. The number of rotatable bonds is 6. The summed E-state index contributed by atoms with van der Waals surface area (Å²) in [6.45, 7) is 1.13. The molecule has 138 valence electrons. The van der Waals surface area contributed by atoms with Crippen molar-refractivity contribution in [3.63, 3.8) is 0 Å². The zero-order valence-corrected chi connectivity index (χ0v) is 16.4. The highest BCUT2D eigenvalue weighted by molar-refractivity contribution is 9.10. The number of halogens is 2. The Morgan fingerprint density at radius 3 is 2.65 bits per heavy atom. The van der Waals surface area contributed by atoms with Crippen LogP contribution >= 0.6 is 15.9 Å². The third-order valence-corrected chi connectivity index (χ3v) is 4.43. The molecule has 0 spiro atoms. The molecule has 2 aromatic carbocycles. The minimum atomic E-state index is -0.289. The van der Waals surface area contributed by atoms with E-state index in [-0.39, 0.29) is 11.7 Å². The fraction of sp³-hybridized carbons (Fsp3) is 0.263. The molecular formula is C19H22BrFN4O. The second kappa shape index (κ2) is 9.91. The van der Waals surface area contributed by atoms with Gasteiger partial charge in [0.25, 0.3) is 5.91 Å². The van der Waals surface area contributed by atoms with Crippen LogP contribution in [0.25, 0.3) is 0 Å². The van der Waals surface area contributed by atoms with Gasteiger partial charge in [-0.3, -0.25) is 9.79 Å². The van der Waals surface area contributed by atoms with Crippen molar-refractivity contribution in [1.82, 2.24) is 16.0 Å². The number of nitrogens with zero attached hydrogens (tertiary/aromatic N) is 1. The summed E-state index contributed by atoms with van der Waals surface area (Å²) in [6.07, 6.45) is 0.748. The fourth-order valence-corrected chi connectivity index (χ4v) is 2.64. The first-order chi connectivity index (χ1) is 12.5. The topological polar surface area (TPSA) is 65.5 Å². The van der Waals surface area contributed by atoms with Crippen LogP contribution in [0.1, 0.15) is 21.5 Å². The van der Waals surface area contributed by atoms with Gasteiger partial charge in [0.15, 0.2) is 5.96 Å². The van der Waals surface area contributed by atoms with E-state index in [2.05, 4.69) is 36.9 Å². The molecule has 0 aliphatic heterocycles. The summed E-state index contributed by atoms with van der Waals surface area (Å²) >= 11 is 3.14. The number of carbonyl (C=O) groups is 1. The molecule has 5 nitrogen and oxygen atoms in total. The SMILES string of the molecule is CN=C(NCCc1cccc(C(=O)NC)c1)NCc1ccc(Br)c(F)c1. The number of nitrogens with one attached hydrogen (secondary N) is 3. The lowest BCUT2D eigenvalue weighted by Gasteiger charge is -2.12. The predicted octanol–water partition coefficient (Wildman–Crippen LogP) is 2.86. The van der Waals surface area contributed by atoms with Crippen LogP contribution in [0.15, 0.2) is 51.9 Å². The van der Waals surface area contributed by atoms with E-state index in [1.807, 2.05) is 24.3 Å². The van der Waals surface area contributed by atoms with E-state index >= 15 is 0 Å². The predicted molar refractivity (Wildman–Crippen MR) is 106 cm³/mol. The van der Waals surface area contributed by atoms with Gasteiger partial charge in [-0.2, -0.15) is 0 Å². The smallest absolute Gasteiger partial charge is 0.251 e. The molecule has 0 saturated carbocycles. The highest BCUT2D eigenvalue weighted by Gasteiger charge is 2.05. The van der Waals surface area contributed by atoms with Gasteiger partial charge in [0.05, 0.1) is 4.47 Å². The van der Waals surface area contributed by atoms with E-state index in [9.17, 15) is 9.18 Å². The molecule has 0 radical (unpaired) electrons. The number of carbonyl (C=O) groups excluding carboxylic acids is 1. The van der Waals surface area contributed by atoms with Gasteiger partial charge < -0.3 is 16.0 Å². The monoisotopic (exact) mass is 420 g/mol. The molecule has 7 heteroatoms. The van der Waals surface area contributed by atoms with E-state index in [0.717, 1.165) is 17.5 Å². The number of hydrogen-bond donors (Lipinski definition) is 3. The Labute approximate surface area is 161 Å². The average Bonchev–Trinajstić information content (AvgIpc) is 2.66. The number of hydrogen-bond acceptors (Lipinski definition) is 2. The van der Waals surface area contributed by atoms with Crippen LogP contribution in [0.3, 0.4) is 0 Å². The van der Waals surface area contributed by atoms with Crippen LogP contribution in [-0.4, -0.2) is 32.5 Å². The maximum atomic E-state index is 13.5. The average molecular weight is 421 g/mol. The lowest BCUT2D eigenvalue weighted by Crippen LogP contribution is -2.37. The molecule has 0 bridgehead atoms. The van der Waals surface area contributed by atoms with E-state index in [1.165, 1.54) is 6.07 Å². The molecule has 0 fully saturated rings. The van der Waals surface area contributed by atoms with Gasteiger partial charge in [0.2, 0.25) is 0 Å². The molecule has 0 aromatic heterocycles. The van der Waals surface area contributed by atoms with Gasteiger partial charge in [-0.25, -0.2) is 4.39 Å². The van der Waals surface area contributed by atoms with Gasteiger partial charge in [-0.15, -0.1) is 0 Å². The second-order valence-corrected chi connectivity index (χ2v) is 6.48. The largest absolute Gasteiger partial charge is 0.356 e. The first-order valence-corrected chi connectivity index (χ1v) is 9.02. The standard InChI is InChI=1S/C19H22BrFN4O/c1-22-18(26)15-5-3-4-13(10-15)8-9-24-19(23-2)25-12-14-6-7-16(20)17(21)11-14/h3-7,10-11H,8-9,12H2,1-2H3,(H,22,26)(H2,23,24,25). The van der Waals surface area contributed by atoms with Gasteiger partial charge in [-0.1, -0.05) is 18.2 Å². The highest BCUT2D eigenvalue weighted by Crippen LogP contribution is 2.16. The molecule has 1 amide bonds. The van der Waals surface area contributed by atoms with Crippen LogP contribution < -0.4 is 16.0 Å². The third kappa shape index (κ3) is 5.84. The number of benzene rings is 2. The van der Waals surface area contributed by atoms with Crippen LogP contribution in [0.5, 0.6) is 0 Å². The van der Waals surface area contributed by atoms with Crippen LogP contribution in [0, 0.1) is 5.82 Å². The minimum Gasteiger partial charge on any atom is -0.356 e. The Morgan fingerprint density at radius 2 is 1.96 bits per heavy atom. The van der Waals surface area contributed by atoms with E-state index in [0.29, 0.717) is 29.1 Å². The summed E-state index contributed by atoms with van der Waals surface area (Å²) in [5.74, 6) is 0.248. The van der Waals surface area contributed by atoms with Gasteiger partial charge in [-0.05, 0) is 57.7 Å². The van der Waals surface area contributed by atoms with E-state index in [1.54, 1.807) is 26.2 Å². The Hall–Kier alpha value is -2.41. The van der Waals surface area contributed by atoms with Crippen molar-refractivity contribution >= 4 is 27.8 Å².